The molecule has 0 radical (unpaired) electrons. The van der Waals surface area contributed by atoms with Crippen LogP contribution in [0.1, 0.15) is 11.7 Å². The van der Waals surface area contributed by atoms with Gasteiger partial charge < -0.3 is 15.9 Å². The Hall–Kier alpha value is -1.43. The van der Waals surface area contributed by atoms with E-state index in [-0.39, 0.29) is 0 Å². The van der Waals surface area contributed by atoms with E-state index in [2.05, 4.69) is 0 Å². The van der Waals surface area contributed by atoms with Crippen LogP contribution >= 0.6 is 0 Å². The maximum Gasteiger partial charge on any atom is 0.418 e. The normalized spacial score (nSPS) is 14.0. The van der Waals surface area contributed by atoms with Crippen LogP contribution in [0.15, 0.2) is 18.2 Å². The first-order valence-electron chi connectivity index (χ1n) is 3.66. The van der Waals surface area contributed by atoms with Gasteiger partial charge in [-0.3, -0.25) is 0 Å². The van der Waals surface area contributed by atoms with E-state index in [0.717, 1.165) is 12.1 Å². The highest BCUT2D eigenvalue weighted by atomic mass is 19.4. The lowest BCUT2D eigenvalue weighted by atomic mass is 10.1. The number of benzene rings is 1. The van der Waals surface area contributed by atoms with Crippen molar-refractivity contribution in [2.75, 3.05) is 5.73 Å². The minimum absolute atomic E-state index is 0.461. The molecule has 0 amide bonds. The zero-order valence-corrected chi connectivity index (χ0v) is 6.92. The third-order valence-corrected chi connectivity index (χ3v) is 1.72. The molecule has 3 nitrogen and oxygen atoms in total. The van der Waals surface area contributed by atoms with E-state index in [4.69, 9.17) is 15.9 Å². The number of halogens is 3. The molecule has 0 spiro atoms. The second kappa shape index (κ2) is 3.38. The lowest BCUT2D eigenvalue weighted by Crippen LogP contribution is -2.21. The molecule has 0 fully saturated rings. The molecule has 0 saturated heterocycles. The maximum absolute atomic E-state index is 12.1. The largest absolute Gasteiger partial charge is 0.506 e. The van der Waals surface area contributed by atoms with Gasteiger partial charge in [-0.25, -0.2) is 0 Å². The highest BCUT2D eigenvalue weighted by Gasteiger charge is 2.40. The molecule has 0 aromatic heterocycles. The van der Waals surface area contributed by atoms with Crippen molar-refractivity contribution in [2.24, 2.45) is 0 Å². The minimum atomic E-state index is -4.79. The quantitative estimate of drug-likeness (QED) is 0.483. The third-order valence-electron chi connectivity index (χ3n) is 1.72. The number of aromatic hydroxyl groups is 1. The van der Waals surface area contributed by atoms with Crippen LogP contribution in [-0.4, -0.2) is 16.4 Å². The molecule has 1 aromatic rings. The van der Waals surface area contributed by atoms with Crippen LogP contribution in [0.4, 0.5) is 18.9 Å². The standard InChI is InChI=1S/C8H8F3NO2/c9-8(10,11)7(14)4-2-1-3-5(13)6(4)12/h1-3,7,13-14H,12H2. The Morgan fingerprint density at radius 2 is 1.86 bits per heavy atom. The molecule has 0 aliphatic rings. The first kappa shape index (κ1) is 10.6. The number of alkyl halides is 3. The predicted octanol–water partition coefficient (Wildman–Crippen LogP) is 1.57. The highest BCUT2D eigenvalue weighted by molar-refractivity contribution is 5.58. The summed E-state index contributed by atoms with van der Waals surface area (Å²) in [4.78, 5) is 0. The number of aliphatic hydroxyl groups excluding tert-OH is 1. The highest BCUT2D eigenvalue weighted by Crippen LogP contribution is 2.37. The minimum Gasteiger partial charge on any atom is -0.506 e. The Morgan fingerprint density at radius 1 is 1.29 bits per heavy atom. The summed E-state index contributed by atoms with van der Waals surface area (Å²) in [7, 11) is 0. The Balaban J connectivity index is 3.14. The topological polar surface area (TPSA) is 66.5 Å². The molecule has 0 aliphatic carbocycles. The van der Waals surface area contributed by atoms with E-state index >= 15 is 0 Å². The van der Waals surface area contributed by atoms with Crippen molar-refractivity contribution < 1.29 is 23.4 Å². The van der Waals surface area contributed by atoms with Gasteiger partial charge in [0.15, 0.2) is 6.10 Å². The molecular weight excluding hydrogens is 199 g/mol. The molecule has 1 aromatic carbocycles. The van der Waals surface area contributed by atoms with Crippen LogP contribution in [-0.2, 0) is 0 Å². The third kappa shape index (κ3) is 1.90. The Bertz CT molecular complexity index is 338. The fourth-order valence-electron chi connectivity index (χ4n) is 0.985. The zero-order valence-electron chi connectivity index (χ0n) is 6.92. The number of hydrogen-bond donors (Lipinski definition) is 3. The van der Waals surface area contributed by atoms with Gasteiger partial charge in [-0.2, -0.15) is 13.2 Å². The van der Waals surface area contributed by atoms with Gasteiger partial charge in [-0.1, -0.05) is 12.1 Å². The molecule has 1 rings (SSSR count). The number of nitrogen functional groups attached to an aromatic ring is 1. The number of phenolic OH excluding ortho intramolecular Hbond substituents is 1. The van der Waals surface area contributed by atoms with Crippen LogP contribution in [0.2, 0.25) is 0 Å². The van der Waals surface area contributed by atoms with E-state index in [9.17, 15) is 13.2 Å². The van der Waals surface area contributed by atoms with Crippen LogP contribution in [0, 0.1) is 0 Å². The number of phenols is 1. The fourth-order valence-corrected chi connectivity index (χ4v) is 0.985. The van der Waals surface area contributed by atoms with Crippen molar-refractivity contribution in [1.82, 2.24) is 0 Å². The van der Waals surface area contributed by atoms with E-state index in [1.807, 2.05) is 0 Å². The number of anilines is 1. The fraction of sp³-hybridized carbons (Fsp3) is 0.250. The summed E-state index contributed by atoms with van der Waals surface area (Å²) in [5.74, 6) is -0.481. The average Bonchev–Trinajstić information content (AvgIpc) is 2.07. The van der Waals surface area contributed by atoms with Crippen molar-refractivity contribution in [1.29, 1.82) is 0 Å². The molecular formula is C8H8F3NO2. The molecule has 14 heavy (non-hydrogen) atoms. The molecule has 6 heteroatoms. The second-order valence-electron chi connectivity index (χ2n) is 2.72. The lowest BCUT2D eigenvalue weighted by molar-refractivity contribution is -0.206. The molecule has 1 unspecified atom stereocenters. The van der Waals surface area contributed by atoms with Crippen LogP contribution < -0.4 is 5.73 Å². The van der Waals surface area contributed by atoms with Crippen molar-refractivity contribution in [3.63, 3.8) is 0 Å². The van der Waals surface area contributed by atoms with Gasteiger partial charge in [0.2, 0.25) is 0 Å². The molecule has 0 bridgehead atoms. The van der Waals surface area contributed by atoms with Crippen LogP contribution in [0.3, 0.4) is 0 Å². The van der Waals surface area contributed by atoms with Gasteiger partial charge in [-0.05, 0) is 6.07 Å². The van der Waals surface area contributed by atoms with Gasteiger partial charge in [0.1, 0.15) is 5.75 Å². The van der Waals surface area contributed by atoms with Gasteiger partial charge in [0.25, 0.3) is 0 Å². The summed E-state index contributed by atoms with van der Waals surface area (Å²) >= 11 is 0. The molecule has 1 atom stereocenters. The number of hydrogen-bond acceptors (Lipinski definition) is 3. The van der Waals surface area contributed by atoms with E-state index in [1.54, 1.807) is 0 Å². The number of para-hydroxylation sites is 1. The van der Waals surface area contributed by atoms with E-state index in [0.29, 0.717) is 0 Å². The number of rotatable bonds is 1. The average molecular weight is 207 g/mol. The molecule has 78 valence electrons. The van der Waals surface area contributed by atoms with E-state index in [1.165, 1.54) is 6.07 Å². The summed E-state index contributed by atoms with van der Waals surface area (Å²) in [5, 5.41) is 17.9. The van der Waals surface area contributed by atoms with Crippen molar-refractivity contribution >= 4 is 5.69 Å². The van der Waals surface area contributed by atoms with Gasteiger partial charge in [-0.15, -0.1) is 0 Å². The predicted molar refractivity (Wildman–Crippen MR) is 43.5 cm³/mol. The first-order valence-corrected chi connectivity index (χ1v) is 3.66. The smallest absolute Gasteiger partial charge is 0.418 e. The Labute approximate surface area is 77.6 Å². The molecule has 0 aliphatic heterocycles. The van der Waals surface area contributed by atoms with Crippen molar-refractivity contribution in [3.05, 3.63) is 23.8 Å². The Kier molecular flexibility index (Phi) is 2.57. The zero-order chi connectivity index (χ0) is 10.9. The van der Waals surface area contributed by atoms with Gasteiger partial charge in [0.05, 0.1) is 5.69 Å². The summed E-state index contributed by atoms with van der Waals surface area (Å²) in [5.41, 5.74) is 4.17. The summed E-state index contributed by atoms with van der Waals surface area (Å²) in [6.07, 6.45) is -7.46. The van der Waals surface area contributed by atoms with Crippen LogP contribution in [0.5, 0.6) is 5.75 Å². The summed E-state index contributed by atoms with van der Waals surface area (Å²) < 4.78 is 36.2. The SMILES string of the molecule is Nc1c(O)cccc1C(O)C(F)(F)F. The van der Waals surface area contributed by atoms with Gasteiger partial charge >= 0.3 is 6.18 Å². The number of aliphatic hydroxyl groups is 1. The molecule has 4 N–H and O–H groups in total. The monoisotopic (exact) mass is 207 g/mol. The molecule has 0 saturated carbocycles. The Morgan fingerprint density at radius 3 is 2.36 bits per heavy atom. The lowest BCUT2D eigenvalue weighted by Gasteiger charge is -2.16. The first-order chi connectivity index (χ1) is 6.34. The maximum atomic E-state index is 12.1. The van der Waals surface area contributed by atoms with E-state index < -0.39 is 29.3 Å². The number of nitrogens with two attached hydrogens (primary N) is 1. The van der Waals surface area contributed by atoms with Crippen LogP contribution in [0.25, 0.3) is 0 Å². The molecule has 0 heterocycles. The second-order valence-corrected chi connectivity index (χ2v) is 2.72. The summed E-state index contributed by atoms with van der Waals surface area (Å²) in [6, 6.07) is 3.32. The van der Waals surface area contributed by atoms with Crippen molar-refractivity contribution in [3.8, 4) is 5.75 Å². The summed E-state index contributed by atoms with van der Waals surface area (Å²) in [6.45, 7) is 0. The van der Waals surface area contributed by atoms with Gasteiger partial charge in [0, 0.05) is 5.56 Å². The van der Waals surface area contributed by atoms with Crippen molar-refractivity contribution in [2.45, 2.75) is 12.3 Å².